The van der Waals surface area contributed by atoms with Crippen molar-refractivity contribution in [3.8, 4) is 11.8 Å². The molecule has 10 unspecified atom stereocenters. The van der Waals surface area contributed by atoms with Crippen molar-refractivity contribution in [1.29, 1.82) is 0 Å². The molecule has 0 amide bonds. The Kier molecular flexibility index (Phi) is 11.1. The van der Waals surface area contributed by atoms with Crippen molar-refractivity contribution in [3.63, 3.8) is 0 Å². The van der Waals surface area contributed by atoms with Crippen LogP contribution in [0.3, 0.4) is 0 Å². The molecule has 4 fully saturated rings. The Morgan fingerprint density at radius 2 is 1.73 bits per heavy atom. The van der Waals surface area contributed by atoms with Crippen LogP contribution in [-0.4, -0.2) is 61.3 Å². The van der Waals surface area contributed by atoms with Crippen molar-refractivity contribution in [2.75, 3.05) is 5.32 Å². The molecule has 3 aromatic rings. The lowest BCUT2D eigenvalue weighted by atomic mass is 9.42. The zero-order chi connectivity index (χ0) is 40.2. The molecular formula is C47H60N2O7. The van der Waals surface area contributed by atoms with Gasteiger partial charge in [-0.05, 0) is 142 Å². The zero-order valence-corrected chi connectivity index (χ0v) is 33.8. The van der Waals surface area contributed by atoms with Crippen LogP contribution in [0.2, 0.25) is 0 Å². The standard InChI is InChI=1S/C47H60N2O7/c1-27(2)56-44(54)41-29(4)49-37-10-8-7-9-33(37)43(41)48-26-31-14-12-30(13-15-31)19-20-47(55)22-21-45(5)32(25-47)23-38(50)42-35-17-16-34(28(3)11-18-40(52)53)46(35,6)39(51)24-36(42)45/h7-10,12-15,27-28,32,34-36,38-39,42,50-51,55H,11,16-18,21-26H2,1-6H3,(H,48,49)(H,52,53)/t28?,32?,34-,35?,36?,38?,39?,42?,45?,46?,47?/m1/s1. The molecule has 2 aromatic carbocycles. The zero-order valence-electron chi connectivity index (χ0n) is 33.8. The Hall–Kier alpha value is -3.97. The molecule has 1 heterocycles. The molecule has 0 bridgehead atoms. The normalized spacial score (nSPS) is 34.1. The first kappa shape index (κ1) is 40.2. The van der Waals surface area contributed by atoms with E-state index in [1.165, 1.54) is 0 Å². The summed E-state index contributed by atoms with van der Waals surface area (Å²) in [5.74, 6) is 6.25. The lowest BCUT2D eigenvalue weighted by Crippen LogP contribution is -2.63. The fraction of sp³-hybridized carbons (Fsp3) is 0.596. The van der Waals surface area contributed by atoms with Crippen LogP contribution in [0.5, 0.6) is 0 Å². The van der Waals surface area contributed by atoms with Gasteiger partial charge in [0.1, 0.15) is 11.2 Å². The second-order valence-electron chi connectivity index (χ2n) is 18.5. The first-order valence-corrected chi connectivity index (χ1v) is 20.8. The van der Waals surface area contributed by atoms with Gasteiger partial charge in [-0.25, -0.2) is 4.79 Å². The number of carbonyl (C=O) groups excluding carboxylic acids is 1. The Balaban J connectivity index is 1.03. The summed E-state index contributed by atoms with van der Waals surface area (Å²) in [5.41, 5.74) is 2.70. The first-order valence-electron chi connectivity index (χ1n) is 20.8. The largest absolute Gasteiger partial charge is 0.481 e. The number of aliphatic hydroxyl groups excluding tert-OH is 2. The van der Waals surface area contributed by atoms with E-state index in [-0.39, 0.29) is 58.9 Å². The van der Waals surface area contributed by atoms with Gasteiger partial charge in [-0.1, -0.05) is 62.9 Å². The molecular weight excluding hydrogens is 705 g/mol. The Morgan fingerprint density at radius 3 is 2.45 bits per heavy atom. The van der Waals surface area contributed by atoms with Crippen LogP contribution in [0, 0.1) is 65.1 Å². The third-order valence-corrected chi connectivity index (χ3v) is 14.9. The van der Waals surface area contributed by atoms with E-state index in [1.54, 1.807) is 0 Å². The number of hydrogen-bond donors (Lipinski definition) is 5. The van der Waals surface area contributed by atoms with Crippen LogP contribution >= 0.6 is 0 Å². The number of aliphatic hydroxyl groups is 3. The van der Waals surface area contributed by atoms with Crippen molar-refractivity contribution < 1.29 is 34.8 Å². The van der Waals surface area contributed by atoms with Crippen LogP contribution in [0.1, 0.15) is 120 Å². The number of carboxylic acids is 1. The monoisotopic (exact) mass is 764 g/mol. The van der Waals surface area contributed by atoms with E-state index >= 15 is 0 Å². The predicted molar refractivity (Wildman–Crippen MR) is 217 cm³/mol. The summed E-state index contributed by atoms with van der Waals surface area (Å²) in [7, 11) is 0. The second-order valence-corrected chi connectivity index (χ2v) is 18.5. The minimum Gasteiger partial charge on any atom is -0.481 e. The lowest BCUT2D eigenvalue weighted by Gasteiger charge is -2.64. The molecule has 0 aliphatic heterocycles. The predicted octanol–water partition coefficient (Wildman–Crippen LogP) is 7.90. The maximum Gasteiger partial charge on any atom is 0.342 e. The fourth-order valence-electron chi connectivity index (χ4n) is 11.9. The summed E-state index contributed by atoms with van der Waals surface area (Å²) >= 11 is 0. The number of pyridine rings is 1. The highest BCUT2D eigenvalue weighted by Gasteiger charge is 2.66. The number of para-hydroxylation sites is 1. The number of carboxylic acid groups (broad SMARTS) is 1. The molecule has 4 saturated carbocycles. The van der Waals surface area contributed by atoms with Crippen molar-refractivity contribution >= 4 is 28.5 Å². The van der Waals surface area contributed by atoms with Gasteiger partial charge in [0.2, 0.25) is 0 Å². The maximum atomic E-state index is 13.2. The summed E-state index contributed by atoms with van der Waals surface area (Å²) in [6, 6.07) is 15.7. The van der Waals surface area contributed by atoms with Gasteiger partial charge in [0.25, 0.3) is 0 Å². The summed E-state index contributed by atoms with van der Waals surface area (Å²) < 4.78 is 5.58. The average Bonchev–Trinajstić information content (AvgIpc) is 3.51. The third kappa shape index (κ3) is 7.34. The molecule has 300 valence electrons. The van der Waals surface area contributed by atoms with Gasteiger partial charge in [0, 0.05) is 23.9 Å². The fourth-order valence-corrected chi connectivity index (χ4v) is 11.9. The topological polar surface area (TPSA) is 149 Å². The number of aliphatic carboxylic acids is 1. The number of anilines is 1. The van der Waals surface area contributed by atoms with Gasteiger partial charge in [-0.2, -0.15) is 0 Å². The number of rotatable bonds is 9. The number of esters is 1. The van der Waals surface area contributed by atoms with Gasteiger partial charge < -0.3 is 30.5 Å². The van der Waals surface area contributed by atoms with Crippen LogP contribution in [0.15, 0.2) is 48.5 Å². The molecule has 9 nitrogen and oxygen atoms in total. The van der Waals surface area contributed by atoms with Crippen LogP contribution in [0.25, 0.3) is 10.9 Å². The van der Waals surface area contributed by atoms with Crippen LogP contribution in [0.4, 0.5) is 5.69 Å². The quantitative estimate of drug-likeness (QED) is 0.108. The molecule has 56 heavy (non-hydrogen) atoms. The van der Waals surface area contributed by atoms with E-state index in [0.29, 0.717) is 55.6 Å². The SMILES string of the molecule is Cc1nc2ccccc2c(NCc2ccc(C#CC3(O)CCC4(C)C(CC(O)C5C4CC(O)C4(C)C5CC[C@@H]4C(C)CCC(=O)O)C3)cc2)c1C(=O)OC(C)C. The molecule has 9 heteroatoms. The minimum atomic E-state index is -1.17. The summed E-state index contributed by atoms with van der Waals surface area (Å²) in [4.78, 5) is 29.2. The number of aryl methyl sites for hydroxylation is 1. The van der Waals surface area contributed by atoms with Gasteiger partial charge in [0.05, 0.1) is 35.2 Å². The van der Waals surface area contributed by atoms with E-state index in [0.717, 1.165) is 41.3 Å². The molecule has 0 spiro atoms. The number of carbonyl (C=O) groups is 2. The van der Waals surface area contributed by atoms with Crippen molar-refractivity contribution in [2.24, 2.45) is 46.3 Å². The second kappa shape index (κ2) is 15.4. The van der Waals surface area contributed by atoms with Gasteiger partial charge in [0.15, 0.2) is 0 Å². The smallest absolute Gasteiger partial charge is 0.342 e. The van der Waals surface area contributed by atoms with Gasteiger partial charge >= 0.3 is 11.9 Å². The van der Waals surface area contributed by atoms with E-state index in [2.05, 4.69) is 42.9 Å². The van der Waals surface area contributed by atoms with Gasteiger partial charge in [-0.3, -0.25) is 9.78 Å². The maximum absolute atomic E-state index is 13.2. The van der Waals surface area contributed by atoms with Gasteiger partial charge in [-0.15, -0.1) is 0 Å². The highest BCUT2D eigenvalue weighted by molar-refractivity contribution is 6.06. The molecule has 4 aliphatic rings. The molecule has 0 radical (unpaired) electrons. The highest BCUT2D eigenvalue weighted by atomic mass is 16.5. The van der Waals surface area contributed by atoms with E-state index in [9.17, 15) is 30.0 Å². The minimum absolute atomic E-state index is 0.0825. The average molecular weight is 765 g/mol. The Labute approximate surface area is 331 Å². The third-order valence-electron chi connectivity index (χ3n) is 14.9. The summed E-state index contributed by atoms with van der Waals surface area (Å²) in [6.45, 7) is 12.6. The van der Waals surface area contributed by atoms with Crippen LogP contribution < -0.4 is 5.32 Å². The number of aromatic nitrogens is 1. The van der Waals surface area contributed by atoms with Crippen molar-refractivity contribution in [1.82, 2.24) is 4.98 Å². The van der Waals surface area contributed by atoms with Crippen molar-refractivity contribution in [3.05, 3.63) is 70.9 Å². The molecule has 7 rings (SSSR count). The highest BCUT2D eigenvalue weighted by Crippen LogP contribution is 2.69. The van der Waals surface area contributed by atoms with E-state index in [1.807, 2.05) is 69.3 Å². The molecule has 5 N–H and O–H groups in total. The number of hydrogen-bond acceptors (Lipinski definition) is 8. The Morgan fingerprint density at radius 1 is 1.00 bits per heavy atom. The first-order chi connectivity index (χ1) is 26.5. The number of ether oxygens (including phenoxy) is 1. The molecule has 4 aliphatic carbocycles. The van der Waals surface area contributed by atoms with E-state index in [4.69, 9.17) is 4.74 Å². The number of benzene rings is 2. The molecule has 1 aromatic heterocycles. The number of nitrogens with zero attached hydrogens (tertiary/aromatic N) is 1. The molecule has 0 saturated heterocycles. The summed E-state index contributed by atoms with van der Waals surface area (Å²) in [6.07, 6.45) is 4.45. The lowest BCUT2D eigenvalue weighted by molar-refractivity contribution is -0.211. The number of fused-ring (bicyclic) bond motifs is 6. The van der Waals surface area contributed by atoms with Crippen LogP contribution in [-0.2, 0) is 16.1 Å². The Bertz CT molecular complexity index is 2020. The molecule has 11 atom stereocenters. The van der Waals surface area contributed by atoms with E-state index < -0.39 is 29.7 Å². The summed E-state index contributed by atoms with van der Waals surface area (Å²) in [5, 5.41) is 49.3. The van der Waals surface area contributed by atoms with Crippen molar-refractivity contribution in [2.45, 2.75) is 130 Å². The number of nitrogens with one attached hydrogen (secondary N) is 1.